The second-order valence-electron chi connectivity index (χ2n) is 5.81. The van der Waals surface area contributed by atoms with Crippen LogP contribution in [0.25, 0.3) is 0 Å². The number of hydrogen-bond donors (Lipinski definition) is 2. The molecule has 1 aliphatic carbocycles. The van der Waals surface area contributed by atoms with Crippen molar-refractivity contribution in [1.82, 2.24) is 15.1 Å². The minimum Gasteiger partial charge on any atom is -0.481 e. The van der Waals surface area contributed by atoms with Crippen molar-refractivity contribution in [3.05, 3.63) is 41.5 Å². The fourth-order valence-electron chi connectivity index (χ4n) is 2.99. The Morgan fingerprint density at radius 1 is 1.33 bits per heavy atom. The van der Waals surface area contributed by atoms with Crippen LogP contribution >= 0.6 is 0 Å². The Labute approximate surface area is 137 Å². The van der Waals surface area contributed by atoms with E-state index in [4.69, 9.17) is 4.74 Å². The van der Waals surface area contributed by atoms with Gasteiger partial charge in [-0.25, -0.2) is 18.3 Å². The van der Waals surface area contributed by atoms with E-state index in [9.17, 15) is 13.6 Å². The van der Waals surface area contributed by atoms with Crippen LogP contribution in [0.2, 0.25) is 0 Å². The SMILES string of the molecule is COc1cc(NC(=O)NC2(c3c(F)cccc3F)CCC2)nn1C. The number of carbonyl (C=O) groups excluding carboxylic acids is 1. The van der Waals surface area contributed by atoms with Crippen LogP contribution in [0.5, 0.6) is 5.88 Å². The van der Waals surface area contributed by atoms with E-state index < -0.39 is 23.2 Å². The highest BCUT2D eigenvalue weighted by Gasteiger charge is 2.44. The molecule has 1 aromatic heterocycles. The van der Waals surface area contributed by atoms with E-state index in [-0.39, 0.29) is 11.4 Å². The van der Waals surface area contributed by atoms with Crippen LogP contribution in [-0.2, 0) is 12.6 Å². The summed E-state index contributed by atoms with van der Waals surface area (Å²) in [4.78, 5) is 12.3. The van der Waals surface area contributed by atoms with Crippen molar-refractivity contribution in [3.8, 4) is 5.88 Å². The quantitative estimate of drug-likeness (QED) is 0.902. The molecule has 6 nitrogen and oxygen atoms in total. The number of urea groups is 1. The third-order valence-corrected chi connectivity index (χ3v) is 4.29. The largest absolute Gasteiger partial charge is 0.481 e. The fraction of sp³-hybridized carbons (Fsp3) is 0.375. The van der Waals surface area contributed by atoms with Gasteiger partial charge in [0.2, 0.25) is 5.88 Å². The van der Waals surface area contributed by atoms with Gasteiger partial charge in [-0.3, -0.25) is 5.32 Å². The highest BCUT2D eigenvalue weighted by Crippen LogP contribution is 2.43. The molecule has 2 N–H and O–H groups in total. The number of nitrogens with one attached hydrogen (secondary N) is 2. The molecule has 1 aromatic carbocycles. The van der Waals surface area contributed by atoms with Crippen LogP contribution in [0, 0.1) is 11.6 Å². The number of rotatable bonds is 4. The molecular formula is C16H18F2N4O2. The van der Waals surface area contributed by atoms with Gasteiger partial charge >= 0.3 is 6.03 Å². The molecule has 128 valence electrons. The van der Waals surface area contributed by atoms with E-state index >= 15 is 0 Å². The summed E-state index contributed by atoms with van der Waals surface area (Å²) >= 11 is 0. The fourth-order valence-corrected chi connectivity index (χ4v) is 2.99. The van der Waals surface area contributed by atoms with Gasteiger partial charge in [-0.05, 0) is 31.4 Å². The maximum atomic E-state index is 14.1. The second kappa shape index (κ2) is 6.10. The van der Waals surface area contributed by atoms with Gasteiger partial charge in [0.05, 0.1) is 12.6 Å². The Morgan fingerprint density at radius 2 is 2.00 bits per heavy atom. The van der Waals surface area contributed by atoms with Crippen LogP contribution in [0.3, 0.4) is 0 Å². The standard InChI is InChI=1S/C16H18F2N4O2/c1-22-13(24-2)9-12(21-22)19-15(23)20-16(7-4-8-16)14-10(17)5-3-6-11(14)18/h3,5-6,9H,4,7-8H2,1-2H3,(H2,19,20,21,23). The predicted molar refractivity (Wildman–Crippen MR) is 83.8 cm³/mol. The summed E-state index contributed by atoms with van der Waals surface area (Å²) in [5, 5.41) is 9.34. The number of aromatic nitrogens is 2. The second-order valence-corrected chi connectivity index (χ2v) is 5.81. The molecule has 8 heteroatoms. The number of nitrogens with zero attached hydrogens (tertiary/aromatic N) is 2. The average Bonchev–Trinajstić information content (AvgIpc) is 2.83. The van der Waals surface area contributed by atoms with Gasteiger partial charge in [-0.1, -0.05) is 6.07 Å². The Hall–Kier alpha value is -2.64. The molecule has 0 aliphatic heterocycles. The van der Waals surface area contributed by atoms with E-state index in [2.05, 4.69) is 15.7 Å². The lowest BCUT2D eigenvalue weighted by molar-refractivity contribution is 0.175. The van der Waals surface area contributed by atoms with E-state index in [1.807, 2.05) is 0 Å². The van der Waals surface area contributed by atoms with Crippen molar-refractivity contribution < 1.29 is 18.3 Å². The number of benzene rings is 1. The first-order valence-corrected chi connectivity index (χ1v) is 7.57. The molecule has 0 unspecified atom stereocenters. The van der Waals surface area contributed by atoms with Crippen LogP contribution in [-0.4, -0.2) is 22.9 Å². The molecule has 24 heavy (non-hydrogen) atoms. The lowest BCUT2D eigenvalue weighted by Crippen LogP contribution is -2.53. The van der Waals surface area contributed by atoms with Crippen LogP contribution in [0.4, 0.5) is 19.4 Å². The zero-order chi connectivity index (χ0) is 17.3. The summed E-state index contributed by atoms with van der Waals surface area (Å²) in [6.45, 7) is 0. The van der Waals surface area contributed by atoms with Crippen molar-refractivity contribution in [3.63, 3.8) is 0 Å². The molecule has 1 heterocycles. The van der Waals surface area contributed by atoms with Gasteiger partial charge in [-0.15, -0.1) is 0 Å². The van der Waals surface area contributed by atoms with Crippen molar-refractivity contribution in [1.29, 1.82) is 0 Å². The number of hydrogen-bond acceptors (Lipinski definition) is 3. The summed E-state index contributed by atoms with van der Waals surface area (Å²) in [5.41, 5.74) is -1.12. The number of methoxy groups -OCH3 is 1. The summed E-state index contributed by atoms with van der Waals surface area (Å²) in [6.07, 6.45) is 1.74. The van der Waals surface area contributed by atoms with E-state index in [1.54, 1.807) is 13.1 Å². The van der Waals surface area contributed by atoms with Gasteiger partial charge in [0.15, 0.2) is 5.82 Å². The maximum absolute atomic E-state index is 14.1. The number of amides is 2. The summed E-state index contributed by atoms with van der Waals surface area (Å²) in [5.74, 6) is -0.553. The smallest absolute Gasteiger partial charge is 0.321 e. The Kier molecular flexibility index (Phi) is 4.13. The maximum Gasteiger partial charge on any atom is 0.321 e. The summed E-state index contributed by atoms with van der Waals surface area (Å²) < 4.78 is 34.7. The highest BCUT2D eigenvalue weighted by atomic mass is 19.1. The molecule has 0 atom stereocenters. The van der Waals surface area contributed by atoms with Crippen LogP contribution in [0.1, 0.15) is 24.8 Å². The molecule has 0 spiro atoms. The van der Waals surface area contributed by atoms with Crippen molar-refractivity contribution in [2.24, 2.45) is 7.05 Å². The van der Waals surface area contributed by atoms with Crippen molar-refractivity contribution >= 4 is 11.8 Å². The van der Waals surface area contributed by atoms with Crippen molar-refractivity contribution in [2.45, 2.75) is 24.8 Å². The van der Waals surface area contributed by atoms with Gasteiger partial charge in [-0.2, -0.15) is 5.10 Å². The van der Waals surface area contributed by atoms with Crippen LogP contribution < -0.4 is 15.4 Å². The lowest BCUT2D eigenvalue weighted by atomic mass is 9.71. The zero-order valence-corrected chi connectivity index (χ0v) is 13.4. The predicted octanol–water partition coefficient (Wildman–Crippen LogP) is 2.91. The van der Waals surface area contributed by atoms with Gasteiger partial charge in [0.1, 0.15) is 11.6 Å². The Balaban J connectivity index is 1.79. The first-order chi connectivity index (χ1) is 11.4. The molecule has 2 aromatic rings. The summed E-state index contributed by atoms with van der Waals surface area (Å²) in [6, 6.07) is 4.68. The highest BCUT2D eigenvalue weighted by molar-refractivity contribution is 5.89. The Bertz CT molecular complexity index is 751. The first-order valence-electron chi connectivity index (χ1n) is 7.57. The van der Waals surface area contributed by atoms with Gasteiger partial charge in [0.25, 0.3) is 0 Å². The molecule has 0 radical (unpaired) electrons. The normalized spacial score (nSPS) is 15.5. The monoisotopic (exact) mass is 336 g/mol. The molecule has 1 aliphatic rings. The number of anilines is 1. The molecule has 1 fully saturated rings. The topological polar surface area (TPSA) is 68.2 Å². The van der Waals surface area contributed by atoms with Crippen molar-refractivity contribution in [2.75, 3.05) is 12.4 Å². The van der Waals surface area contributed by atoms with Gasteiger partial charge < -0.3 is 10.1 Å². The number of carbonyl (C=O) groups is 1. The van der Waals surface area contributed by atoms with E-state index in [0.29, 0.717) is 18.7 Å². The Morgan fingerprint density at radius 3 is 2.50 bits per heavy atom. The molecular weight excluding hydrogens is 318 g/mol. The number of aryl methyl sites for hydroxylation is 1. The number of halogens is 2. The van der Waals surface area contributed by atoms with Crippen LogP contribution in [0.15, 0.2) is 24.3 Å². The van der Waals surface area contributed by atoms with E-state index in [1.165, 1.54) is 30.0 Å². The van der Waals surface area contributed by atoms with Gasteiger partial charge in [0, 0.05) is 18.7 Å². The summed E-state index contributed by atoms with van der Waals surface area (Å²) in [7, 11) is 3.16. The molecule has 0 saturated heterocycles. The lowest BCUT2D eigenvalue weighted by Gasteiger charge is -2.43. The molecule has 3 rings (SSSR count). The third-order valence-electron chi connectivity index (χ3n) is 4.29. The molecule has 0 bridgehead atoms. The minimum absolute atomic E-state index is 0.0926. The first kappa shape index (κ1) is 16.2. The minimum atomic E-state index is -1.03. The molecule has 1 saturated carbocycles. The van der Waals surface area contributed by atoms with E-state index in [0.717, 1.165) is 6.42 Å². The average molecular weight is 336 g/mol. The zero-order valence-electron chi connectivity index (χ0n) is 13.4. The number of ether oxygens (including phenoxy) is 1. The molecule has 2 amide bonds. The third kappa shape index (κ3) is 2.79.